The lowest BCUT2D eigenvalue weighted by atomic mass is 10.2. The van der Waals surface area contributed by atoms with Gasteiger partial charge in [-0.25, -0.2) is 0 Å². The highest BCUT2D eigenvalue weighted by atomic mass is 15.3. The van der Waals surface area contributed by atoms with Crippen LogP contribution in [0.1, 0.15) is 6.92 Å². The molecule has 18 heavy (non-hydrogen) atoms. The predicted octanol–water partition coefficient (Wildman–Crippen LogP) is 0.910. The number of para-hydroxylation sites is 1. The van der Waals surface area contributed by atoms with Crippen molar-refractivity contribution in [3.8, 4) is 0 Å². The molecule has 0 unspecified atom stereocenters. The van der Waals surface area contributed by atoms with Gasteiger partial charge in [0.15, 0.2) is 0 Å². The average Bonchev–Trinajstić information content (AvgIpc) is 2.39. The molecule has 0 aliphatic carbocycles. The van der Waals surface area contributed by atoms with Gasteiger partial charge in [0, 0.05) is 38.1 Å². The molecule has 1 aliphatic rings. The maximum atomic E-state index is 4.36. The normalized spacial score (nSPS) is 19.5. The maximum absolute atomic E-state index is 4.36. The van der Waals surface area contributed by atoms with E-state index in [9.17, 15) is 0 Å². The third kappa shape index (κ3) is 5.65. The van der Waals surface area contributed by atoms with E-state index in [0.717, 1.165) is 26.3 Å². The van der Waals surface area contributed by atoms with Crippen molar-refractivity contribution in [3.63, 3.8) is 0 Å². The van der Waals surface area contributed by atoms with Gasteiger partial charge < -0.3 is 16.5 Å². The maximum Gasteiger partial charge on any atom is 0.0679 e. The van der Waals surface area contributed by atoms with Crippen LogP contribution in [-0.2, 0) is 0 Å². The molecule has 1 aliphatic heterocycles. The van der Waals surface area contributed by atoms with Gasteiger partial charge >= 0.3 is 0 Å². The van der Waals surface area contributed by atoms with Crippen LogP contribution in [0.5, 0.6) is 0 Å². The van der Waals surface area contributed by atoms with Crippen LogP contribution in [0.3, 0.4) is 0 Å². The number of benzene rings is 1. The molecule has 2 rings (SSSR count). The molecule has 1 fully saturated rings. The number of nitrogens with zero attached hydrogens (tertiary/aromatic N) is 2. The highest BCUT2D eigenvalue weighted by molar-refractivity contribution is 5.42. The number of anilines is 1. The second-order valence-corrected chi connectivity index (χ2v) is 4.32. The minimum absolute atomic E-state index is 0.608. The Morgan fingerprint density at radius 1 is 1.50 bits per heavy atom. The highest BCUT2D eigenvalue weighted by Crippen LogP contribution is 2.05. The number of rotatable bonds is 3. The van der Waals surface area contributed by atoms with Crippen molar-refractivity contribution >= 4 is 12.4 Å². The van der Waals surface area contributed by atoms with E-state index in [1.54, 1.807) is 0 Å². The Kier molecular flexibility index (Phi) is 6.83. The molecule has 5 nitrogen and oxygen atoms in total. The lowest BCUT2D eigenvalue weighted by Gasteiger charge is -2.32. The van der Waals surface area contributed by atoms with Gasteiger partial charge in [-0.2, -0.15) is 5.10 Å². The molecule has 1 saturated heterocycles. The van der Waals surface area contributed by atoms with Gasteiger partial charge in [-0.1, -0.05) is 18.2 Å². The summed E-state index contributed by atoms with van der Waals surface area (Å²) >= 11 is 0. The lowest BCUT2D eigenvalue weighted by molar-refractivity contribution is 0.220. The molecule has 0 amide bonds. The molecule has 0 radical (unpaired) electrons. The summed E-state index contributed by atoms with van der Waals surface area (Å²) in [6.45, 7) is 9.41. The molecule has 5 heteroatoms. The first kappa shape index (κ1) is 14.5. The van der Waals surface area contributed by atoms with Crippen molar-refractivity contribution in [1.29, 1.82) is 0 Å². The van der Waals surface area contributed by atoms with Gasteiger partial charge in [-0.05, 0) is 19.1 Å². The Morgan fingerprint density at radius 2 is 2.17 bits per heavy atom. The molecule has 1 atom stereocenters. The van der Waals surface area contributed by atoms with Gasteiger partial charge in [0.2, 0.25) is 0 Å². The van der Waals surface area contributed by atoms with Crippen LogP contribution in [-0.4, -0.2) is 44.0 Å². The van der Waals surface area contributed by atoms with Crippen LogP contribution in [0.4, 0.5) is 5.69 Å². The Morgan fingerprint density at radius 3 is 2.78 bits per heavy atom. The van der Waals surface area contributed by atoms with E-state index < -0.39 is 0 Å². The molecule has 1 heterocycles. The Balaban J connectivity index is 0.000000492. The van der Waals surface area contributed by atoms with Gasteiger partial charge in [0.25, 0.3) is 0 Å². The third-order valence-corrected chi connectivity index (χ3v) is 2.73. The zero-order valence-corrected chi connectivity index (χ0v) is 11.0. The van der Waals surface area contributed by atoms with Crippen LogP contribution >= 0.6 is 0 Å². The summed E-state index contributed by atoms with van der Waals surface area (Å²) in [5, 5.41) is 9.62. The Bertz CT molecular complexity index is 327. The van der Waals surface area contributed by atoms with E-state index in [1.165, 1.54) is 5.69 Å². The van der Waals surface area contributed by atoms with E-state index in [4.69, 9.17) is 0 Å². The summed E-state index contributed by atoms with van der Waals surface area (Å²) in [7, 11) is 0. The van der Waals surface area contributed by atoms with Crippen LogP contribution in [0, 0.1) is 0 Å². The molecule has 0 bridgehead atoms. The minimum Gasteiger partial charge on any atom is -0.372 e. The number of hydrogen-bond acceptors (Lipinski definition) is 5. The predicted molar refractivity (Wildman–Crippen MR) is 77.7 cm³/mol. The van der Waals surface area contributed by atoms with Gasteiger partial charge in [0.05, 0.1) is 6.67 Å². The van der Waals surface area contributed by atoms with E-state index in [0.29, 0.717) is 6.04 Å². The summed E-state index contributed by atoms with van der Waals surface area (Å²) in [5.74, 6) is 4.36. The molecule has 1 aromatic carbocycles. The number of hydrogen-bond donors (Lipinski definition) is 3. The SMILES string of the molecule is C=NN.C[C@@H]1CN(CNc2ccccc2)CCN1. The van der Waals surface area contributed by atoms with E-state index in [1.807, 2.05) is 6.07 Å². The van der Waals surface area contributed by atoms with Gasteiger partial charge in [0.1, 0.15) is 0 Å². The van der Waals surface area contributed by atoms with Gasteiger partial charge in [-0.15, -0.1) is 0 Å². The summed E-state index contributed by atoms with van der Waals surface area (Å²) in [6.07, 6.45) is 0. The van der Waals surface area contributed by atoms with Gasteiger partial charge in [-0.3, -0.25) is 4.90 Å². The van der Waals surface area contributed by atoms with Crippen molar-refractivity contribution < 1.29 is 0 Å². The first-order chi connectivity index (χ1) is 8.76. The fourth-order valence-electron chi connectivity index (χ4n) is 1.91. The second-order valence-electron chi connectivity index (χ2n) is 4.32. The Labute approximate surface area is 109 Å². The zero-order chi connectivity index (χ0) is 13.2. The second kappa shape index (κ2) is 8.49. The van der Waals surface area contributed by atoms with Crippen molar-refractivity contribution in [2.45, 2.75) is 13.0 Å². The fraction of sp³-hybridized carbons (Fsp3) is 0.462. The quantitative estimate of drug-likeness (QED) is 0.423. The largest absolute Gasteiger partial charge is 0.372 e. The van der Waals surface area contributed by atoms with E-state index in [-0.39, 0.29) is 0 Å². The molecule has 100 valence electrons. The molecular weight excluding hydrogens is 226 g/mol. The number of piperazine rings is 1. The molecular formula is C13H23N5. The molecule has 0 spiro atoms. The molecule has 1 aromatic rings. The average molecular weight is 249 g/mol. The first-order valence-corrected chi connectivity index (χ1v) is 6.17. The summed E-state index contributed by atoms with van der Waals surface area (Å²) in [5.41, 5.74) is 1.20. The van der Waals surface area contributed by atoms with Crippen molar-refractivity contribution in [3.05, 3.63) is 30.3 Å². The van der Waals surface area contributed by atoms with E-state index >= 15 is 0 Å². The van der Waals surface area contributed by atoms with Crippen LogP contribution < -0.4 is 16.5 Å². The summed E-state index contributed by atoms with van der Waals surface area (Å²) in [4.78, 5) is 2.44. The third-order valence-electron chi connectivity index (χ3n) is 2.73. The monoisotopic (exact) mass is 249 g/mol. The topological polar surface area (TPSA) is 65.7 Å². The zero-order valence-electron chi connectivity index (χ0n) is 11.0. The lowest BCUT2D eigenvalue weighted by Crippen LogP contribution is -2.50. The number of nitrogens with two attached hydrogens (primary N) is 1. The van der Waals surface area contributed by atoms with E-state index in [2.05, 4.69) is 64.4 Å². The van der Waals surface area contributed by atoms with Crippen molar-refractivity contribution in [1.82, 2.24) is 10.2 Å². The molecule has 4 N–H and O–H groups in total. The molecule has 0 saturated carbocycles. The van der Waals surface area contributed by atoms with Crippen LogP contribution in [0.25, 0.3) is 0 Å². The first-order valence-electron chi connectivity index (χ1n) is 6.17. The fourth-order valence-corrected chi connectivity index (χ4v) is 1.91. The summed E-state index contributed by atoms with van der Waals surface area (Å²) < 4.78 is 0. The summed E-state index contributed by atoms with van der Waals surface area (Å²) in [6, 6.07) is 11.0. The van der Waals surface area contributed by atoms with Crippen LogP contribution in [0.15, 0.2) is 35.4 Å². The minimum atomic E-state index is 0.608. The smallest absolute Gasteiger partial charge is 0.0679 e. The van der Waals surface area contributed by atoms with Crippen molar-refractivity contribution in [2.75, 3.05) is 31.6 Å². The number of hydrazone groups is 1. The number of nitrogens with one attached hydrogen (secondary N) is 2. The van der Waals surface area contributed by atoms with Crippen LogP contribution in [0.2, 0.25) is 0 Å². The molecule has 0 aromatic heterocycles. The highest BCUT2D eigenvalue weighted by Gasteiger charge is 2.14. The standard InChI is InChI=1S/C12H19N3.CH4N2/c1-11-9-15(8-7-13-11)10-14-12-5-3-2-4-6-12;1-3-2/h2-6,11,13-14H,7-10H2,1H3;1-2H2/t11-;/m1./s1. The Hall–Kier alpha value is -1.59. The van der Waals surface area contributed by atoms with Crippen molar-refractivity contribution in [2.24, 2.45) is 10.9 Å².